The number of nitrogens with one attached hydrogen (secondary N) is 4. The van der Waals surface area contributed by atoms with Gasteiger partial charge in [0, 0.05) is 19.0 Å². The van der Waals surface area contributed by atoms with Gasteiger partial charge in [-0.05, 0) is 62.3 Å². The molecule has 1 atom stereocenters. The molecule has 0 fully saturated rings. The van der Waals surface area contributed by atoms with Crippen LogP contribution < -0.4 is 21.3 Å². The van der Waals surface area contributed by atoms with Crippen LogP contribution in [0.25, 0.3) is 11.1 Å². The molecule has 4 amide bonds. The molecule has 0 radical (unpaired) electrons. The zero-order valence-electron chi connectivity index (χ0n) is 23.1. The van der Waals surface area contributed by atoms with Crippen LogP contribution in [0.2, 0.25) is 0 Å². The van der Waals surface area contributed by atoms with Crippen LogP contribution >= 0.6 is 0 Å². The Labute approximate surface area is 234 Å². The molecule has 40 heavy (non-hydrogen) atoms. The van der Waals surface area contributed by atoms with E-state index in [1.54, 1.807) is 20.8 Å². The number of carbonyl (C=O) groups excluding carboxylic acids is 3. The minimum absolute atomic E-state index is 0.0490. The molecule has 11 heteroatoms. The van der Waals surface area contributed by atoms with Crippen molar-refractivity contribution < 1.29 is 33.8 Å². The lowest BCUT2D eigenvalue weighted by Gasteiger charge is -2.19. The first-order chi connectivity index (χ1) is 19.0. The van der Waals surface area contributed by atoms with Gasteiger partial charge in [0.25, 0.3) is 0 Å². The van der Waals surface area contributed by atoms with Crippen molar-refractivity contribution in [2.75, 3.05) is 26.2 Å². The van der Waals surface area contributed by atoms with E-state index < -0.39 is 35.8 Å². The Bertz CT molecular complexity index is 1150. The van der Waals surface area contributed by atoms with Crippen molar-refractivity contribution in [2.24, 2.45) is 0 Å². The number of alkyl carbamates (subject to hydrolysis) is 2. The normalized spacial score (nSPS) is 12.9. The molecule has 0 saturated carbocycles. The highest BCUT2D eigenvalue weighted by Crippen LogP contribution is 2.44. The van der Waals surface area contributed by atoms with Crippen molar-refractivity contribution >= 4 is 24.2 Å². The molecule has 216 valence electrons. The summed E-state index contributed by atoms with van der Waals surface area (Å²) in [7, 11) is 0. The molecule has 3 rings (SSSR count). The smallest absolute Gasteiger partial charge is 0.407 e. The summed E-state index contributed by atoms with van der Waals surface area (Å²) in [6, 6.07) is 13.9. The van der Waals surface area contributed by atoms with Crippen LogP contribution in [-0.4, -0.2) is 67.2 Å². The summed E-state index contributed by atoms with van der Waals surface area (Å²) < 4.78 is 10.6. The van der Waals surface area contributed by atoms with Crippen molar-refractivity contribution in [3.63, 3.8) is 0 Å². The predicted octanol–water partition coefficient (Wildman–Crippen LogP) is 3.97. The summed E-state index contributed by atoms with van der Waals surface area (Å²) in [6.45, 7) is 5.94. The van der Waals surface area contributed by atoms with Crippen LogP contribution in [0.15, 0.2) is 48.5 Å². The minimum atomic E-state index is -1.36. The van der Waals surface area contributed by atoms with Gasteiger partial charge in [0.15, 0.2) is 0 Å². The van der Waals surface area contributed by atoms with Crippen molar-refractivity contribution in [1.29, 1.82) is 0 Å². The van der Waals surface area contributed by atoms with E-state index in [1.807, 2.05) is 48.5 Å². The lowest BCUT2D eigenvalue weighted by atomic mass is 9.98. The maximum Gasteiger partial charge on any atom is 0.407 e. The van der Waals surface area contributed by atoms with Crippen LogP contribution in [0.5, 0.6) is 0 Å². The molecule has 2 aromatic rings. The molecule has 1 unspecified atom stereocenters. The van der Waals surface area contributed by atoms with Gasteiger partial charge in [0.1, 0.15) is 18.2 Å². The van der Waals surface area contributed by atoms with Gasteiger partial charge < -0.3 is 35.8 Å². The van der Waals surface area contributed by atoms with E-state index >= 15 is 0 Å². The summed E-state index contributed by atoms with van der Waals surface area (Å²) in [6.07, 6.45) is 0.801. The van der Waals surface area contributed by atoms with Crippen molar-refractivity contribution in [3.05, 3.63) is 59.7 Å². The van der Waals surface area contributed by atoms with Crippen molar-refractivity contribution in [3.8, 4) is 11.1 Å². The molecule has 11 nitrogen and oxygen atoms in total. The van der Waals surface area contributed by atoms with E-state index in [0.717, 1.165) is 28.7 Å². The Kier molecular flexibility index (Phi) is 10.7. The monoisotopic (exact) mass is 554 g/mol. The third kappa shape index (κ3) is 9.18. The van der Waals surface area contributed by atoms with Crippen LogP contribution in [0.3, 0.4) is 0 Å². The van der Waals surface area contributed by atoms with E-state index in [4.69, 9.17) is 9.47 Å². The number of urea groups is 1. The largest absolute Gasteiger partial charge is 0.480 e. The molecule has 0 heterocycles. The zero-order chi connectivity index (χ0) is 29.1. The quantitative estimate of drug-likeness (QED) is 0.249. The molecule has 0 aromatic heterocycles. The summed E-state index contributed by atoms with van der Waals surface area (Å²) >= 11 is 0. The molecular formula is C29H38N4O7. The third-order valence-electron chi connectivity index (χ3n) is 6.21. The number of amides is 4. The number of carboxylic acid groups (broad SMARTS) is 1. The fourth-order valence-electron chi connectivity index (χ4n) is 4.37. The summed E-state index contributed by atoms with van der Waals surface area (Å²) in [5.74, 6) is -1.45. The number of carbonyl (C=O) groups is 4. The van der Waals surface area contributed by atoms with E-state index in [9.17, 15) is 24.3 Å². The second-order valence-electron chi connectivity index (χ2n) is 10.5. The van der Waals surface area contributed by atoms with Crippen molar-refractivity contribution in [2.45, 2.75) is 57.6 Å². The number of benzene rings is 2. The molecule has 0 bridgehead atoms. The fraction of sp³-hybridized carbons (Fsp3) is 0.448. The fourth-order valence-corrected chi connectivity index (χ4v) is 4.37. The maximum atomic E-state index is 12.4. The highest BCUT2D eigenvalue weighted by Gasteiger charge is 2.30. The first-order valence-corrected chi connectivity index (χ1v) is 13.4. The number of aliphatic carboxylic acids is 1. The van der Waals surface area contributed by atoms with E-state index in [-0.39, 0.29) is 19.1 Å². The van der Waals surface area contributed by atoms with Gasteiger partial charge in [-0.15, -0.1) is 0 Å². The lowest BCUT2D eigenvalue weighted by molar-refractivity contribution is -0.139. The zero-order valence-corrected chi connectivity index (χ0v) is 23.1. The Hall–Kier alpha value is -4.28. The standard InChI is InChI=1S/C29H38N4O7/c1-29(2,3)40-27(37)31-16-10-4-9-15-30-26(36)32-17-24(25(34)35)33-28(38)39-18-23-21-13-7-5-11-19(21)20-12-6-8-14-22(20)23/h5-8,11-14,23-24H,4,9-10,15-18H2,1-3H3,(H,31,37)(H,33,38)(H,34,35)(H2,30,32,36). The highest BCUT2D eigenvalue weighted by atomic mass is 16.6. The van der Waals surface area contributed by atoms with Crippen LogP contribution in [-0.2, 0) is 14.3 Å². The second kappa shape index (κ2) is 14.2. The van der Waals surface area contributed by atoms with E-state index in [0.29, 0.717) is 25.9 Å². The number of unbranched alkanes of at least 4 members (excludes halogenated alkanes) is 2. The Morgan fingerprint density at radius 2 is 1.40 bits per heavy atom. The number of rotatable bonds is 12. The van der Waals surface area contributed by atoms with E-state index in [2.05, 4.69) is 21.3 Å². The average Bonchev–Trinajstić information content (AvgIpc) is 3.21. The molecule has 0 spiro atoms. The SMILES string of the molecule is CC(C)(C)OC(=O)NCCCCCNC(=O)NCC(NC(=O)OCC1c2ccccc2-c2ccccc21)C(=O)O. The second-order valence-corrected chi connectivity index (χ2v) is 10.5. The Morgan fingerprint density at radius 3 is 1.98 bits per heavy atom. The van der Waals surface area contributed by atoms with Gasteiger partial charge in [-0.2, -0.15) is 0 Å². The maximum absolute atomic E-state index is 12.4. The van der Waals surface area contributed by atoms with Crippen LogP contribution in [0, 0.1) is 0 Å². The molecule has 0 saturated heterocycles. The van der Waals surface area contributed by atoms with Gasteiger partial charge in [0.05, 0.1) is 6.54 Å². The van der Waals surface area contributed by atoms with Gasteiger partial charge >= 0.3 is 24.2 Å². The molecular weight excluding hydrogens is 516 g/mol. The molecule has 2 aromatic carbocycles. The first-order valence-electron chi connectivity index (χ1n) is 13.4. The highest BCUT2D eigenvalue weighted by molar-refractivity contribution is 5.82. The number of ether oxygens (including phenoxy) is 2. The molecule has 1 aliphatic carbocycles. The average molecular weight is 555 g/mol. The number of fused-ring (bicyclic) bond motifs is 3. The summed E-state index contributed by atoms with van der Waals surface area (Å²) in [5, 5.41) is 19.6. The predicted molar refractivity (Wildman–Crippen MR) is 149 cm³/mol. The van der Waals surface area contributed by atoms with Gasteiger partial charge in [0.2, 0.25) is 0 Å². The van der Waals surface area contributed by atoms with Gasteiger partial charge in [-0.3, -0.25) is 0 Å². The Balaban J connectivity index is 1.34. The molecule has 0 aliphatic heterocycles. The number of hydrogen-bond donors (Lipinski definition) is 5. The number of carboxylic acids is 1. The minimum Gasteiger partial charge on any atom is -0.480 e. The van der Waals surface area contributed by atoms with Gasteiger partial charge in [-0.25, -0.2) is 19.2 Å². The number of hydrogen-bond acceptors (Lipinski definition) is 6. The summed E-state index contributed by atoms with van der Waals surface area (Å²) in [4.78, 5) is 47.7. The molecule has 5 N–H and O–H groups in total. The van der Waals surface area contributed by atoms with Crippen LogP contribution in [0.1, 0.15) is 57.1 Å². The van der Waals surface area contributed by atoms with Crippen molar-refractivity contribution in [1.82, 2.24) is 21.3 Å². The molecule has 1 aliphatic rings. The topological polar surface area (TPSA) is 155 Å². The summed E-state index contributed by atoms with van der Waals surface area (Å²) in [5.41, 5.74) is 3.71. The Morgan fingerprint density at radius 1 is 0.825 bits per heavy atom. The lowest BCUT2D eigenvalue weighted by Crippen LogP contribution is -2.50. The van der Waals surface area contributed by atoms with Gasteiger partial charge in [-0.1, -0.05) is 48.5 Å². The van der Waals surface area contributed by atoms with Crippen LogP contribution in [0.4, 0.5) is 14.4 Å². The first kappa shape index (κ1) is 30.3. The van der Waals surface area contributed by atoms with E-state index in [1.165, 1.54) is 0 Å². The third-order valence-corrected chi connectivity index (χ3v) is 6.21.